The van der Waals surface area contributed by atoms with E-state index in [1.807, 2.05) is 37.3 Å². The van der Waals surface area contributed by atoms with Crippen molar-refractivity contribution in [2.24, 2.45) is 0 Å². The molecule has 7 nitrogen and oxygen atoms in total. The highest BCUT2D eigenvalue weighted by molar-refractivity contribution is 7.78. The molecule has 2 aliphatic rings. The number of thiocarbonyl (C=S) groups is 1. The SMILES string of the molecule is Cc1nc(N2CCC(N3CCCC3)CC2)nc2ccc(NC(=O)C=Cc3ccc(OC=S)cc3)cc12. The van der Waals surface area contributed by atoms with E-state index < -0.39 is 0 Å². The van der Waals surface area contributed by atoms with Crippen molar-refractivity contribution in [2.45, 2.75) is 38.6 Å². The Morgan fingerprint density at radius 1 is 1.06 bits per heavy atom. The van der Waals surface area contributed by atoms with Crippen molar-refractivity contribution in [1.29, 1.82) is 0 Å². The first-order valence-electron chi connectivity index (χ1n) is 12.6. The number of amides is 1. The van der Waals surface area contributed by atoms with Crippen LogP contribution in [0, 0.1) is 6.92 Å². The second-order valence-corrected chi connectivity index (χ2v) is 9.60. The molecule has 2 fully saturated rings. The maximum absolute atomic E-state index is 12.5. The van der Waals surface area contributed by atoms with Crippen LogP contribution in [0.1, 0.15) is 36.9 Å². The molecule has 2 saturated heterocycles. The molecule has 0 unspecified atom stereocenters. The maximum Gasteiger partial charge on any atom is 0.248 e. The number of fused-ring (bicyclic) bond motifs is 1. The number of aryl methyl sites for hydroxylation is 1. The van der Waals surface area contributed by atoms with E-state index in [1.165, 1.54) is 50.4 Å². The number of piperidine rings is 1. The fourth-order valence-corrected chi connectivity index (χ4v) is 5.20. The minimum Gasteiger partial charge on any atom is -0.454 e. The van der Waals surface area contributed by atoms with Crippen molar-refractivity contribution in [2.75, 3.05) is 36.4 Å². The van der Waals surface area contributed by atoms with Gasteiger partial charge in [-0.3, -0.25) is 4.79 Å². The summed E-state index contributed by atoms with van der Waals surface area (Å²) in [4.78, 5) is 27.1. The third-order valence-corrected chi connectivity index (χ3v) is 7.13. The van der Waals surface area contributed by atoms with Crippen LogP contribution in [0.5, 0.6) is 5.75 Å². The van der Waals surface area contributed by atoms with Gasteiger partial charge in [0.05, 0.1) is 11.2 Å². The van der Waals surface area contributed by atoms with E-state index in [2.05, 4.69) is 27.3 Å². The van der Waals surface area contributed by atoms with Crippen LogP contribution in [0.4, 0.5) is 11.6 Å². The van der Waals surface area contributed by atoms with Crippen molar-refractivity contribution in [3.63, 3.8) is 0 Å². The lowest BCUT2D eigenvalue weighted by atomic mass is 10.0. The summed E-state index contributed by atoms with van der Waals surface area (Å²) in [6, 6.07) is 13.8. The predicted octanol–water partition coefficient (Wildman–Crippen LogP) is 4.99. The van der Waals surface area contributed by atoms with Crippen LogP contribution < -0.4 is 15.0 Å². The van der Waals surface area contributed by atoms with Gasteiger partial charge in [-0.2, -0.15) is 0 Å². The molecule has 0 aliphatic carbocycles. The van der Waals surface area contributed by atoms with Crippen LogP contribution >= 0.6 is 12.2 Å². The number of hydrogen-bond acceptors (Lipinski definition) is 7. The molecule has 1 aromatic heterocycles. The number of nitrogens with zero attached hydrogens (tertiary/aromatic N) is 4. The number of rotatable bonds is 7. The summed E-state index contributed by atoms with van der Waals surface area (Å²) in [6.07, 6.45) is 8.28. The molecular weight excluding hydrogens is 470 g/mol. The van der Waals surface area contributed by atoms with Crippen LogP contribution in [-0.2, 0) is 4.79 Å². The third kappa shape index (κ3) is 5.71. The molecule has 1 amide bonds. The van der Waals surface area contributed by atoms with Crippen LogP contribution in [0.2, 0.25) is 0 Å². The Kier molecular flexibility index (Phi) is 7.53. The summed E-state index contributed by atoms with van der Waals surface area (Å²) < 4.78 is 5.15. The van der Waals surface area contributed by atoms with E-state index >= 15 is 0 Å². The Hall–Kier alpha value is -3.36. The summed E-state index contributed by atoms with van der Waals surface area (Å²) in [5.74, 6) is 1.27. The number of aromatic nitrogens is 2. The number of nitrogens with one attached hydrogen (secondary N) is 1. The second kappa shape index (κ2) is 11.1. The normalized spacial score (nSPS) is 17.1. The lowest BCUT2D eigenvalue weighted by Crippen LogP contribution is -2.44. The molecule has 5 rings (SSSR count). The number of carbonyl (C=O) groups excluding carboxylic acids is 1. The number of likely N-dealkylation sites (tertiary alicyclic amines) is 1. The van der Waals surface area contributed by atoms with Gasteiger partial charge in [-0.1, -0.05) is 12.1 Å². The molecule has 0 radical (unpaired) electrons. The summed E-state index contributed by atoms with van der Waals surface area (Å²) in [5, 5.41) is 3.88. The summed E-state index contributed by atoms with van der Waals surface area (Å²) >= 11 is 4.68. The van der Waals surface area contributed by atoms with Gasteiger partial charge < -0.3 is 19.9 Å². The highest BCUT2D eigenvalue weighted by Crippen LogP contribution is 2.26. The molecule has 0 spiro atoms. The van der Waals surface area contributed by atoms with E-state index in [0.29, 0.717) is 17.5 Å². The Labute approximate surface area is 217 Å². The van der Waals surface area contributed by atoms with E-state index in [1.54, 1.807) is 18.2 Å². The predicted molar refractivity (Wildman–Crippen MR) is 149 cm³/mol. The first-order chi connectivity index (χ1) is 17.6. The van der Waals surface area contributed by atoms with E-state index in [9.17, 15) is 4.79 Å². The van der Waals surface area contributed by atoms with Gasteiger partial charge in [-0.25, -0.2) is 9.97 Å². The maximum atomic E-state index is 12.5. The fourth-order valence-electron chi connectivity index (χ4n) is 5.09. The van der Waals surface area contributed by atoms with Crippen molar-refractivity contribution in [1.82, 2.24) is 14.9 Å². The lowest BCUT2D eigenvalue weighted by molar-refractivity contribution is -0.111. The van der Waals surface area contributed by atoms with Gasteiger partial charge >= 0.3 is 0 Å². The second-order valence-electron chi connectivity index (χ2n) is 9.41. The summed E-state index contributed by atoms with van der Waals surface area (Å²) in [6.45, 7) is 6.50. The van der Waals surface area contributed by atoms with E-state index in [0.717, 1.165) is 41.2 Å². The van der Waals surface area contributed by atoms with Crippen LogP contribution in [0.3, 0.4) is 0 Å². The van der Waals surface area contributed by atoms with Crippen molar-refractivity contribution in [3.05, 3.63) is 59.8 Å². The van der Waals surface area contributed by atoms with Gasteiger partial charge in [0, 0.05) is 36.3 Å². The van der Waals surface area contributed by atoms with Crippen molar-refractivity contribution in [3.8, 4) is 5.75 Å². The van der Waals surface area contributed by atoms with Gasteiger partial charge in [0.15, 0.2) is 5.55 Å². The largest absolute Gasteiger partial charge is 0.454 e. The molecule has 2 aliphatic heterocycles. The average Bonchev–Trinajstić information content (AvgIpc) is 3.44. The van der Waals surface area contributed by atoms with Gasteiger partial charge in [0.25, 0.3) is 0 Å². The monoisotopic (exact) mass is 501 g/mol. The molecule has 3 heterocycles. The molecule has 3 aromatic rings. The number of benzene rings is 2. The lowest BCUT2D eigenvalue weighted by Gasteiger charge is -2.36. The first kappa shape index (κ1) is 24.3. The minimum atomic E-state index is -0.204. The Morgan fingerprint density at radius 2 is 1.81 bits per heavy atom. The smallest absolute Gasteiger partial charge is 0.248 e. The van der Waals surface area contributed by atoms with E-state index in [4.69, 9.17) is 14.7 Å². The summed E-state index contributed by atoms with van der Waals surface area (Å²) in [5.41, 5.74) is 4.63. The molecule has 8 heteroatoms. The zero-order valence-corrected chi connectivity index (χ0v) is 21.3. The first-order valence-corrected chi connectivity index (χ1v) is 13.0. The molecule has 0 saturated carbocycles. The van der Waals surface area contributed by atoms with Crippen LogP contribution in [0.25, 0.3) is 17.0 Å². The highest BCUT2D eigenvalue weighted by atomic mass is 32.1. The Morgan fingerprint density at radius 3 is 2.53 bits per heavy atom. The number of ether oxygens (including phenoxy) is 1. The molecule has 0 atom stereocenters. The Bertz CT molecular complexity index is 1260. The zero-order chi connectivity index (χ0) is 24.9. The van der Waals surface area contributed by atoms with Gasteiger partial charge in [-0.15, -0.1) is 0 Å². The number of anilines is 2. The zero-order valence-electron chi connectivity index (χ0n) is 20.5. The standard InChI is InChI=1S/C28H31N5O2S/c1-20-25-18-22(30-27(34)11-6-21-4-8-24(9-5-21)35-19-36)7-10-26(25)31-28(29-20)33-16-12-23(13-17-33)32-14-2-3-15-32/h4-11,18-19,23H,2-3,12-17H2,1H3,(H,30,34). The van der Waals surface area contributed by atoms with Gasteiger partial charge in [0.1, 0.15) is 5.75 Å². The quantitative estimate of drug-likeness (QED) is 0.361. The highest BCUT2D eigenvalue weighted by Gasteiger charge is 2.27. The average molecular weight is 502 g/mol. The van der Waals surface area contributed by atoms with Crippen LogP contribution in [-0.4, -0.2) is 58.5 Å². The number of hydrogen-bond donors (Lipinski definition) is 1. The molecule has 0 bridgehead atoms. The summed E-state index contributed by atoms with van der Waals surface area (Å²) in [7, 11) is 0. The van der Waals surface area contributed by atoms with Crippen molar-refractivity contribution < 1.29 is 9.53 Å². The molecule has 36 heavy (non-hydrogen) atoms. The topological polar surface area (TPSA) is 70.6 Å². The van der Waals surface area contributed by atoms with Crippen LogP contribution in [0.15, 0.2) is 48.5 Å². The molecule has 1 N–H and O–H groups in total. The minimum absolute atomic E-state index is 0.204. The third-order valence-electron chi connectivity index (χ3n) is 7.04. The fraction of sp³-hybridized carbons (Fsp3) is 0.357. The van der Waals surface area contributed by atoms with E-state index in [-0.39, 0.29) is 5.91 Å². The Balaban J connectivity index is 1.22. The number of carbonyl (C=O) groups is 1. The molecule has 2 aromatic carbocycles. The van der Waals surface area contributed by atoms with Gasteiger partial charge in [-0.05, 0) is 99.9 Å². The van der Waals surface area contributed by atoms with Gasteiger partial charge in [0.2, 0.25) is 11.9 Å². The molecular formula is C28H31N5O2S. The van der Waals surface area contributed by atoms with Crippen molar-refractivity contribution >= 4 is 52.3 Å². The molecule has 186 valence electrons.